The molecule has 0 aliphatic rings. The lowest BCUT2D eigenvalue weighted by atomic mass is 9.92. The first-order valence-corrected chi connectivity index (χ1v) is 5.85. The van der Waals surface area contributed by atoms with Gasteiger partial charge in [-0.05, 0) is 30.6 Å². The molecule has 0 heterocycles. The molecule has 0 heteroatoms. The van der Waals surface area contributed by atoms with E-state index in [0.717, 1.165) is 5.92 Å². The van der Waals surface area contributed by atoms with Crippen LogP contribution >= 0.6 is 0 Å². The Morgan fingerprint density at radius 2 is 1.14 bits per heavy atom. The van der Waals surface area contributed by atoms with Crippen molar-refractivity contribution in [2.75, 3.05) is 0 Å². The Bertz CT molecular complexity index is 139. The summed E-state index contributed by atoms with van der Waals surface area (Å²) < 4.78 is 0. The maximum Gasteiger partial charge on any atom is -0.0265 e. The molecule has 0 amide bonds. The Labute approximate surface area is 90.1 Å². The van der Waals surface area contributed by atoms with Crippen molar-refractivity contribution in [3.8, 4) is 0 Å². The summed E-state index contributed by atoms with van der Waals surface area (Å²) >= 11 is 0. The predicted octanol–water partition coefficient (Wildman–Crippen LogP) is 4.83. The van der Waals surface area contributed by atoms with E-state index in [2.05, 4.69) is 46.1 Å². The predicted molar refractivity (Wildman–Crippen MR) is 66.4 cm³/mol. The molecule has 0 aromatic heterocycles. The van der Waals surface area contributed by atoms with E-state index >= 15 is 0 Å². The maximum atomic E-state index is 3.81. The molecular formula is C14H26. The van der Waals surface area contributed by atoms with Gasteiger partial charge >= 0.3 is 0 Å². The van der Waals surface area contributed by atoms with Gasteiger partial charge in [-0.1, -0.05) is 45.8 Å². The molecule has 82 valence electrons. The zero-order chi connectivity index (χ0) is 11.0. The van der Waals surface area contributed by atoms with Gasteiger partial charge < -0.3 is 0 Å². The van der Waals surface area contributed by atoms with Crippen LogP contribution in [-0.4, -0.2) is 0 Å². The van der Waals surface area contributed by atoms with E-state index in [1.54, 1.807) is 0 Å². The third kappa shape index (κ3) is 6.94. The SMILES string of the molecule is C=CC(C)CCC(C)CCC(C)C=C. The van der Waals surface area contributed by atoms with Crippen molar-refractivity contribution in [3.63, 3.8) is 0 Å². The molecule has 0 aromatic carbocycles. The van der Waals surface area contributed by atoms with Gasteiger partial charge in [-0.15, -0.1) is 13.2 Å². The Hall–Kier alpha value is -0.520. The van der Waals surface area contributed by atoms with Gasteiger partial charge in [0.15, 0.2) is 0 Å². The van der Waals surface area contributed by atoms with Crippen molar-refractivity contribution in [2.45, 2.75) is 46.5 Å². The smallest absolute Gasteiger partial charge is 0.0265 e. The lowest BCUT2D eigenvalue weighted by molar-refractivity contribution is 0.413. The fourth-order valence-electron chi connectivity index (χ4n) is 1.47. The topological polar surface area (TPSA) is 0 Å². The Kier molecular flexibility index (Phi) is 7.55. The fourth-order valence-corrected chi connectivity index (χ4v) is 1.47. The van der Waals surface area contributed by atoms with Crippen molar-refractivity contribution in [1.82, 2.24) is 0 Å². The summed E-state index contributed by atoms with van der Waals surface area (Å²) in [4.78, 5) is 0. The van der Waals surface area contributed by atoms with Crippen LogP contribution in [0.5, 0.6) is 0 Å². The van der Waals surface area contributed by atoms with Crippen LogP contribution in [0.4, 0.5) is 0 Å². The first-order chi connectivity index (χ1) is 6.60. The molecule has 0 nitrogen and oxygen atoms in total. The normalized spacial score (nSPS) is 17.1. The zero-order valence-electron chi connectivity index (χ0n) is 10.1. The van der Waals surface area contributed by atoms with Crippen LogP contribution in [0.3, 0.4) is 0 Å². The Morgan fingerprint density at radius 1 is 0.786 bits per heavy atom. The van der Waals surface area contributed by atoms with Gasteiger partial charge in [0.05, 0.1) is 0 Å². The van der Waals surface area contributed by atoms with Gasteiger partial charge in [-0.3, -0.25) is 0 Å². The van der Waals surface area contributed by atoms with Crippen LogP contribution in [0.15, 0.2) is 25.3 Å². The third-order valence-electron chi connectivity index (χ3n) is 3.03. The Balaban J connectivity index is 3.49. The van der Waals surface area contributed by atoms with Gasteiger partial charge in [0.25, 0.3) is 0 Å². The number of hydrogen-bond donors (Lipinski definition) is 0. The standard InChI is InChI=1S/C14H26/c1-6-12(3)8-10-14(5)11-9-13(4)7-2/h6-7,12-14H,1-2,8-11H2,3-5H3. The van der Waals surface area contributed by atoms with Crippen molar-refractivity contribution in [1.29, 1.82) is 0 Å². The van der Waals surface area contributed by atoms with E-state index < -0.39 is 0 Å². The van der Waals surface area contributed by atoms with E-state index in [0.29, 0.717) is 11.8 Å². The highest BCUT2D eigenvalue weighted by atomic mass is 14.1. The first kappa shape index (κ1) is 13.5. The highest BCUT2D eigenvalue weighted by molar-refractivity contribution is 4.77. The molecular weight excluding hydrogens is 168 g/mol. The number of rotatable bonds is 8. The van der Waals surface area contributed by atoms with Crippen LogP contribution < -0.4 is 0 Å². The summed E-state index contributed by atoms with van der Waals surface area (Å²) in [5.74, 6) is 2.20. The molecule has 0 saturated carbocycles. The molecule has 0 aromatic rings. The van der Waals surface area contributed by atoms with Gasteiger partial charge in [0.1, 0.15) is 0 Å². The zero-order valence-corrected chi connectivity index (χ0v) is 10.1. The highest BCUT2D eigenvalue weighted by Gasteiger charge is 2.06. The van der Waals surface area contributed by atoms with Crippen LogP contribution in [0.1, 0.15) is 46.5 Å². The van der Waals surface area contributed by atoms with Crippen LogP contribution in [0, 0.1) is 17.8 Å². The summed E-state index contributed by atoms with van der Waals surface area (Å²) in [6.07, 6.45) is 9.34. The summed E-state index contributed by atoms with van der Waals surface area (Å²) in [5, 5.41) is 0. The van der Waals surface area contributed by atoms with Gasteiger partial charge in [0, 0.05) is 0 Å². The van der Waals surface area contributed by atoms with E-state index in [4.69, 9.17) is 0 Å². The van der Waals surface area contributed by atoms with Crippen molar-refractivity contribution < 1.29 is 0 Å². The van der Waals surface area contributed by atoms with Crippen molar-refractivity contribution >= 4 is 0 Å². The van der Waals surface area contributed by atoms with E-state index in [1.165, 1.54) is 25.7 Å². The summed E-state index contributed by atoms with van der Waals surface area (Å²) in [7, 11) is 0. The highest BCUT2D eigenvalue weighted by Crippen LogP contribution is 2.19. The largest absolute Gasteiger partial charge is 0.103 e. The fraction of sp³-hybridized carbons (Fsp3) is 0.714. The monoisotopic (exact) mass is 194 g/mol. The molecule has 0 aliphatic heterocycles. The Morgan fingerprint density at radius 3 is 1.43 bits per heavy atom. The molecule has 14 heavy (non-hydrogen) atoms. The maximum absolute atomic E-state index is 3.81. The quantitative estimate of drug-likeness (QED) is 0.486. The molecule has 0 N–H and O–H groups in total. The average Bonchev–Trinajstić information content (AvgIpc) is 2.22. The minimum absolute atomic E-state index is 0.675. The summed E-state index contributed by atoms with van der Waals surface area (Å²) in [6.45, 7) is 14.5. The molecule has 0 aliphatic carbocycles. The van der Waals surface area contributed by atoms with E-state index in [1.807, 2.05) is 0 Å². The summed E-state index contributed by atoms with van der Waals surface area (Å²) in [6, 6.07) is 0. The van der Waals surface area contributed by atoms with E-state index in [-0.39, 0.29) is 0 Å². The van der Waals surface area contributed by atoms with Crippen molar-refractivity contribution in [2.24, 2.45) is 17.8 Å². The van der Waals surface area contributed by atoms with E-state index in [9.17, 15) is 0 Å². The molecule has 0 bridgehead atoms. The molecule has 2 atom stereocenters. The molecule has 0 saturated heterocycles. The second kappa shape index (κ2) is 7.84. The second-order valence-electron chi connectivity index (χ2n) is 4.69. The van der Waals surface area contributed by atoms with Gasteiger partial charge in [0.2, 0.25) is 0 Å². The second-order valence-corrected chi connectivity index (χ2v) is 4.69. The van der Waals surface area contributed by atoms with Crippen LogP contribution in [-0.2, 0) is 0 Å². The number of allylic oxidation sites excluding steroid dienone is 2. The number of hydrogen-bond acceptors (Lipinski definition) is 0. The van der Waals surface area contributed by atoms with Gasteiger partial charge in [-0.25, -0.2) is 0 Å². The molecule has 2 unspecified atom stereocenters. The molecule has 0 radical (unpaired) electrons. The van der Waals surface area contributed by atoms with Gasteiger partial charge in [-0.2, -0.15) is 0 Å². The van der Waals surface area contributed by atoms with Crippen LogP contribution in [0.25, 0.3) is 0 Å². The molecule has 0 spiro atoms. The lowest BCUT2D eigenvalue weighted by Crippen LogP contribution is -2.01. The first-order valence-electron chi connectivity index (χ1n) is 5.85. The third-order valence-corrected chi connectivity index (χ3v) is 3.03. The molecule has 0 rings (SSSR count). The lowest BCUT2D eigenvalue weighted by Gasteiger charge is -2.14. The minimum atomic E-state index is 0.675. The van der Waals surface area contributed by atoms with Crippen LogP contribution in [0.2, 0.25) is 0 Å². The average molecular weight is 194 g/mol. The molecule has 0 fully saturated rings. The minimum Gasteiger partial charge on any atom is -0.103 e. The van der Waals surface area contributed by atoms with Crippen molar-refractivity contribution in [3.05, 3.63) is 25.3 Å². The summed E-state index contributed by atoms with van der Waals surface area (Å²) in [5.41, 5.74) is 0.